The summed E-state index contributed by atoms with van der Waals surface area (Å²) in [5.74, 6) is 0.924. The molecular formula is C24H25N3O2S. The monoisotopic (exact) mass is 419 g/mol. The molecule has 0 saturated carbocycles. The number of amides is 1. The van der Waals surface area contributed by atoms with Gasteiger partial charge < -0.3 is 4.42 Å². The highest BCUT2D eigenvalue weighted by Crippen LogP contribution is 2.30. The van der Waals surface area contributed by atoms with Crippen LogP contribution in [-0.4, -0.2) is 28.9 Å². The van der Waals surface area contributed by atoms with Crippen LogP contribution in [0.5, 0.6) is 0 Å². The zero-order chi connectivity index (χ0) is 20.7. The molecule has 5 rings (SSSR count). The molecule has 30 heavy (non-hydrogen) atoms. The third-order valence-electron chi connectivity index (χ3n) is 6.01. The number of aromatic nitrogens is 1. The van der Waals surface area contributed by atoms with E-state index in [1.54, 1.807) is 0 Å². The number of benzene rings is 2. The molecular weight excluding hydrogens is 394 g/mol. The number of thiazole rings is 1. The van der Waals surface area contributed by atoms with Crippen molar-refractivity contribution < 1.29 is 9.21 Å². The summed E-state index contributed by atoms with van der Waals surface area (Å²) in [5, 5.41) is 4.48. The lowest BCUT2D eigenvalue weighted by Gasteiger charge is -2.30. The van der Waals surface area contributed by atoms with Crippen LogP contribution in [0.2, 0.25) is 0 Å². The number of hydrogen-bond acceptors (Lipinski definition) is 5. The average Bonchev–Trinajstić information content (AvgIpc) is 3.30. The van der Waals surface area contributed by atoms with Crippen LogP contribution in [0.4, 0.5) is 5.13 Å². The largest absolute Gasteiger partial charge is 0.451 e. The summed E-state index contributed by atoms with van der Waals surface area (Å²) in [6.07, 6.45) is 2.56. The van der Waals surface area contributed by atoms with Gasteiger partial charge in [-0.3, -0.25) is 15.0 Å². The summed E-state index contributed by atoms with van der Waals surface area (Å²) < 4.78 is 6.87. The number of carbonyl (C=O) groups is 1. The summed E-state index contributed by atoms with van der Waals surface area (Å²) in [6.45, 7) is 7.55. The van der Waals surface area contributed by atoms with Crippen LogP contribution in [0, 0.1) is 12.8 Å². The Morgan fingerprint density at radius 2 is 2.03 bits per heavy atom. The Balaban J connectivity index is 1.33. The quantitative estimate of drug-likeness (QED) is 0.452. The van der Waals surface area contributed by atoms with E-state index in [0.717, 1.165) is 39.2 Å². The van der Waals surface area contributed by atoms with Crippen LogP contribution in [0.1, 0.15) is 41.4 Å². The number of hydrogen-bond donors (Lipinski definition) is 1. The van der Waals surface area contributed by atoms with Gasteiger partial charge >= 0.3 is 0 Å². The average molecular weight is 420 g/mol. The van der Waals surface area contributed by atoms with E-state index in [-0.39, 0.29) is 5.91 Å². The fourth-order valence-electron chi connectivity index (χ4n) is 4.14. The van der Waals surface area contributed by atoms with Gasteiger partial charge in [-0.25, -0.2) is 4.98 Å². The molecule has 1 saturated heterocycles. The van der Waals surface area contributed by atoms with Crippen LogP contribution < -0.4 is 5.32 Å². The molecule has 0 aliphatic carbocycles. The van der Waals surface area contributed by atoms with E-state index in [2.05, 4.69) is 40.3 Å². The maximum Gasteiger partial charge on any atom is 0.293 e. The molecule has 1 amide bonds. The maximum absolute atomic E-state index is 12.8. The maximum atomic E-state index is 12.8. The molecule has 0 unspecified atom stereocenters. The van der Waals surface area contributed by atoms with Gasteiger partial charge in [0.25, 0.3) is 5.91 Å². The SMILES string of the molecule is Cc1c(C(=O)Nc2nc3ccc(CN4CCC(C)CC4)cc3s2)oc2ccccc12. The van der Waals surface area contributed by atoms with E-state index in [1.807, 2.05) is 31.2 Å². The zero-order valence-electron chi connectivity index (χ0n) is 17.3. The minimum atomic E-state index is -0.259. The highest BCUT2D eigenvalue weighted by atomic mass is 32.1. The lowest BCUT2D eigenvalue weighted by Crippen LogP contribution is -2.32. The number of furan rings is 1. The second-order valence-corrected chi connectivity index (χ2v) is 9.32. The van der Waals surface area contributed by atoms with Crippen LogP contribution in [0.15, 0.2) is 46.9 Å². The number of piperidine rings is 1. The number of carbonyl (C=O) groups excluding carboxylic acids is 1. The molecule has 5 nitrogen and oxygen atoms in total. The van der Waals surface area contributed by atoms with E-state index in [0.29, 0.717) is 10.9 Å². The molecule has 1 N–H and O–H groups in total. The lowest BCUT2D eigenvalue weighted by molar-refractivity contribution is 0.0998. The number of fused-ring (bicyclic) bond motifs is 2. The minimum absolute atomic E-state index is 0.259. The molecule has 6 heteroatoms. The van der Waals surface area contributed by atoms with E-state index in [9.17, 15) is 4.79 Å². The molecule has 4 aromatic rings. The van der Waals surface area contributed by atoms with Crippen molar-refractivity contribution in [1.29, 1.82) is 0 Å². The predicted molar refractivity (Wildman–Crippen MR) is 122 cm³/mol. The van der Waals surface area contributed by atoms with E-state index >= 15 is 0 Å². The second kappa shape index (κ2) is 7.85. The fraction of sp³-hybridized carbons (Fsp3) is 0.333. The smallest absolute Gasteiger partial charge is 0.293 e. The van der Waals surface area contributed by atoms with Gasteiger partial charge in [0.2, 0.25) is 0 Å². The first-order valence-corrected chi connectivity index (χ1v) is 11.3. The third-order valence-corrected chi connectivity index (χ3v) is 6.94. The molecule has 1 aliphatic heterocycles. The molecule has 1 aliphatic rings. The van der Waals surface area contributed by atoms with Crippen molar-refractivity contribution >= 4 is 43.6 Å². The van der Waals surface area contributed by atoms with E-state index in [1.165, 1.54) is 42.8 Å². The molecule has 0 atom stereocenters. The minimum Gasteiger partial charge on any atom is -0.451 e. The van der Waals surface area contributed by atoms with Crippen molar-refractivity contribution in [2.45, 2.75) is 33.2 Å². The Bertz CT molecular complexity index is 1220. The van der Waals surface area contributed by atoms with E-state index < -0.39 is 0 Å². The van der Waals surface area contributed by atoms with Gasteiger partial charge in [-0.15, -0.1) is 0 Å². The van der Waals surface area contributed by atoms with Gasteiger partial charge in [-0.2, -0.15) is 0 Å². The Hall–Kier alpha value is -2.70. The number of likely N-dealkylation sites (tertiary alicyclic amines) is 1. The Morgan fingerprint density at radius 1 is 1.23 bits per heavy atom. The van der Waals surface area contributed by atoms with Gasteiger partial charge in [0.05, 0.1) is 10.2 Å². The fourth-order valence-corrected chi connectivity index (χ4v) is 5.07. The van der Waals surface area contributed by atoms with Gasteiger partial charge in [-0.05, 0) is 62.5 Å². The molecule has 2 aromatic carbocycles. The third kappa shape index (κ3) is 3.73. The number of aryl methyl sites for hydroxylation is 1. The predicted octanol–water partition coefficient (Wildman–Crippen LogP) is 5.84. The highest BCUT2D eigenvalue weighted by molar-refractivity contribution is 7.22. The molecule has 1 fully saturated rings. The van der Waals surface area contributed by atoms with Crippen LogP contribution in [0.25, 0.3) is 21.2 Å². The van der Waals surface area contributed by atoms with Crippen molar-refractivity contribution in [2.75, 3.05) is 18.4 Å². The normalized spacial score (nSPS) is 15.8. The lowest BCUT2D eigenvalue weighted by atomic mass is 9.99. The highest BCUT2D eigenvalue weighted by Gasteiger charge is 2.19. The summed E-state index contributed by atoms with van der Waals surface area (Å²) >= 11 is 1.51. The van der Waals surface area contributed by atoms with Crippen molar-refractivity contribution in [3.8, 4) is 0 Å². The number of nitrogens with zero attached hydrogens (tertiary/aromatic N) is 2. The van der Waals surface area contributed by atoms with Crippen molar-refractivity contribution in [1.82, 2.24) is 9.88 Å². The van der Waals surface area contributed by atoms with Crippen molar-refractivity contribution in [2.24, 2.45) is 5.92 Å². The standard InChI is InChI=1S/C24H25N3O2S/c1-15-9-11-27(12-10-15)14-17-7-8-19-21(13-17)30-24(25-19)26-23(28)22-16(2)18-5-3-4-6-20(18)29-22/h3-8,13,15H,9-12,14H2,1-2H3,(H,25,26,28). The molecule has 154 valence electrons. The molecule has 0 spiro atoms. The van der Waals surface area contributed by atoms with Crippen molar-refractivity contribution in [3.05, 3.63) is 59.4 Å². The Kier molecular flexibility index (Phi) is 5.05. The summed E-state index contributed by atoms with van der Waals surface area (Å²) in [4.78, 5) is 19.9. The summed E-state index contributed by atoms with van der Waals surface area (Å²) in [5.41, 5.74) is 3.78. The number of anilines is 1. The molecule has 3 heterocycles. The van der Waals surface area contributed by atoms with Gasteiger partial charge in [0.15, 0.2) is 10.9 Å². The number of para-hydroxylation sites is 1. The van der Waals surface area contributed by atoms with Crippen molar-refractivity contribution in [3.63, 3.8) is 0 Å². The van der Waals surface area contributed by atoms with Crippen LogP contribution in [-0.2, 0) is 6.54 Å². The number of nitrogens with one attached hydrogen (secondary N) is 1. The first-order chi connectivity index (χ1) is 14.6. The summed E-state index contributed by atoms with van der Waals surface area (Å²) in [7, 11) is 0. The van der Waals surface area contributed by atoms with E-state index in [4.69, 9.17) is 4.42 Å². The van der Waals surface area contributed by atoms with Gasteiger partial charge in [0, 0.05) is 17.5 Å². The zero-order valence-corrected chi connectivity index (χ0v) is 18.1. The molecule has 0 bridgehead atoms. The molecule has 0 radical (unpaired) electrons. The summed E-state index contributed by atoms with van der Waals surface area (Å²) in [6, 6.07) is 14.1. The first-order valence-electron chi connectivity index (χ1n) is 10.5. The van der Waals surface area contributed by atoms with Crippen LogP contribution >= 0.6 is 11.3 Å². The first kappa shape index (κ1) is 19.3. The van der Waals surface area contributed by atoms with Gasteiger partial charge in [0.1, 0.15) is 5.58 Å². The number of rotatable bonds is 4. The topological polar surface area (TPSA) is 58.4 Å². The molecule has 2 aromatic heterocycles. The van der Waals surface area contributed by atoms with Crippen LogP contribution in [0.3, 0.4) is 0 Å². The Morgan fingerprint density at radius 3 is 2.83 bits per heavy atom. The second-order valence-electron chi connectivity index (χ2n) is 8.29. The Labute approximate surface area is 179 Å². The van der Waals surface area contributed by atoms with Gasteiger partial charge in [-0.1, -0.05) is 42.5 Å².